The fraction of sp³-hybridized carbons (Fsp3) is 0.304. The number of carbonyl (C=O) groups excluding carboxylic acids is 1. The third-order valence-corrected chi connectivity index (χ3v) is 5.84. The number of hydrogen-bond acceptors (Lipinski definition) is 5. The van der Waals surface area contributed by atoms with Crippen LogP contribution in [0.1, 0.15) is 40.4 Å². The van der Waals surface area contributed by atoms with Crippen LogP contribution >= 0.6 is 0 Å². The van der Waals surface area contributed by atoms with Crippen LogP contribution in [0.5, 0.6) is 11.5 Å². The number of aromatic nitrogens is 1. The predicted octanol–water partition coefficient (Wildman–Crippen LogP) is 4.54. The van der Waals surface area contributed by atoms with Crippen molar-refractivity contribution < 1.29 is 23.2 Å². The number of fused-ring (bicyclic) bond motifs is 1. The summed E-state index contributed by atoms with van der Waals surface area (Å²) in [4.78, 5) is 14.7. The second-order valence-corrected chi connectivity index (χ2v) is 7.72. The molecule has 0 radical (unpaired) electrons. The largest absolute Gasteiger partial charge is 0.454 e. The third kappa shape index (κ3) is 3.40. The summed E-state index contributed by atoms with van der Waals surface area (Å²) < 4.78 is 30.0. The summed E-state index contributed by atoms with van der Waals surface area (Å²) in [6, 6.07) is 12.5. The first-order valence-corrected chi connectivity index (χ1v) is 10.0. The Bertz CT molecular complexity index is 1100. The summed E-state index contributed by atoms with van der Waals surface area (Å²) in [5.74, 6) is 1.76. The monoisotopic (exact) mass is 408 g/mol. The molecule has 1 fully saturated rings. The van der Waals surface area contributed by atoms with E-state index in [2.05, 4.69) is 5.16 Å². The highest BCUT2D eigenvalue weighted by Gasteiger charge is 2.27. The number of aryl methyl sites for hydroxylation is 1. The van der Waals surface area contributed by atoms with E-state index in [1.54, 1.807) is 30.0 Å². The molecule has 0 aliphatic carbocycles. The number of hydrogen-bond donors (Lipinski definition) is 0. The molecule has 30 heavy (non-hydrogen) atoms. The summed E-state index contributed by atoms with van der Waals surface area (Å²) >= 11 is 0. The summed E-state index contributed by atoms with van der Waals surface area (Å²) in [6.07, 6.45) is 1.59. The molecule has 1 aromatic heterocycles. The van der Waals surface area contributed by atoms with Crippen molar-refractivity contribution in [2.24, 2.45) is 0 Å². The Morgan fingerprint density at radius 1 is 1.07 bits per heavy atom. The molecule has 1 saturated heterocycles. The average molecular weight is 408 g/mol. The van der Waals surface area contributed by atoms with Crippen molar-refractivity contribution in [3.63, 3.8) is 0 Å². The molecule has 0 spiro atoms. The minimum Gasteiger partial charge on any atom is -0.454 e. The van der Waals surface area contributed by atoms with Crippen molar-refractivity contribution in [2.75, 3.05) is 19.9 Å². The van der Waals surface area contributed by atoms with Crippen LogP contribution in [-0.4, -0.2) is 35.8 Å². The molecule has 0 saturated carbocycles. The Labute approximate surface area is 173 Å². The molecule has 2 aliphatic rings. The molecule has 6 nitrogen and oxygen atoms in total. The van der Waals surface area contributed by atoms with E-state index in [-0.39, 0.29) is 30.1 Å². The van der Waals surface area contributed by atoms with Gasteiger partial charge in [-0.25, -0.2) is 4.39 Å². The summed E-state index contributed by atoms with van der Waals surface area (Å²) in [6.45, 7) is 3.16. The second kappa shape index (κ2) is 7.48. The lowest BCUT2D eigenvalue weighted by Gasteiger charge is -2.31. The molecule has 0 N–H and O–H groups in total. The van der Waals surface area contributed by atoms with Gasteiger partial charge >= 0.3 is 0 Å². The van der Waals surface area contributed by atoms with Crippen LogP contribution in [0.4, 0.5) is 4.39 Å². The van der Waals surface area contributed by atoms with Gasteiger partial charge in [-0.2, -0.15) is 0 Å². The molecule has 3 heterocycles. The fourth-order valence-corrected chi connectivity index (χ4v) is 4.00. The maximum absolute atomic E-state index is 13.9. The van der Waals surface area contributed by atoms with Gasteiger partial charge in [-0.3, -0.25) is 4.79 Å². The average Bonchev–Trinajstić information content (AvgIpc) is 3.44. The molecule has 2 aliphatic heterocycles. The van der Waals surface area contributed by atoms with Crippen molar-refractivity contribution >= 4 is 5.91 Å². The number of benzene rings is 2. The van der Waals surface area contributed by atoms with Crippen molar-refractivity contribution in [1.82, 2.24) is 10.1 Å². The molecular formula is C23H21FN2O4. The summed E-state index contributed by atoms with van der Waals surface area (Å²) in [5.41, 5.74) is 2.70. The number of ether oxygens (including phenoxy) is 2. The molecule has 2 aromatic carbocycles. The molecule has 0 bridgehead atoms. The number of carbonyl (C=O) groups is 1. The van der Waals surface area contributed by atoms with E-state index in [0.717, 1.165) is 24.0 Å². The molecular weight excluding hydrogens is 387 g/mol. The highest BCUT2D eigenvalue weighted by atomic mass is 19.1. The van der Waals surface area contributed by atoms with Crippen LogP contribution < -0.4 is 9.47 Å². The number of rotatable bonds is 3. The first-order valence-electron chi connectivity index (χ1n) is 10.0. The van der Waals surface area contributed by atoms with Gasteiger partial charge in [0.2, 0.25) is 6.79 Å². The third-order valence-electron chi connectivity index (χ3n) is 5.84. The summed E-state index contributed by atoms with van der Waals surface area (Å²) in [5, 5.41) is 3.97. The van der Waals surface area contributed by atoms with E-state index >= 15 is 0 Å². The lowest BCUT2D eigenvalue weighted by molar-refractivity contribution is 0.0702. The van der Waals surface area contributed by atoms with Crippen LogP contribution in [0.15, 0.2) is 47.0 Å². The van der Waals surface area contributed by atoms with Gasteiger partial charge in [-0.05, 0) is 61.1 Å². The van der Waals surface area contributed by atoms with Gasteiger partial charge in [-0.15, -0.1) is 0 Å². The van der Waals surface area contributed by atoms with Gasteiger partial charge in [0.25, 0.3) is 5.91 Å². The lowest BCUT2D eigenvalue weighted by atomic mass is 9.89. The van der Waals surface area contributed by atoms with Gasteiger partial charge in [-0.1, -0.05) is 17.3 Å². The minimum atomic E-state index is -0.176. The second-order valence-electron chi connectivity index (χ2n) is 7.72. The smallest absolute Gasteiger partial charge is 0.276 e. The van der Waals surface area contributed by atoms with Crippen molar-refractivity contribution in [3.8, 4) is 22.8 Å². The molecule has 3 aromatic rings. The quantitative estimate of drug-likeness (QED) is 0.637. The van der Waals surface area contributed by atoms with Gasteiger partial charge in [0.05, 0.1) is 0 Å². The van der Waals surface area contributed by atoms with Crippen molar-refractivity contribution in [1.29, 1.82) is 0 Å². The number of halogens is 1. The van der Waals surface area contributed by atoms with Crippen LogP contribution in [0.25, 0.3) is 11.3 Å². The maximum atomic E-state index is 13.9. The summed E-state index contributed by atoms with van der Waals surface area (Å²) in [7, 11) is 0. The Kier molecular flexibility index (Phi) is 4.65. The van der Waals surface area contributed by atoms with E-state index in [9.17, 15) is 9.18 Å². The Morgan fingerprint density at radius 2 is 1.87 bits per heavy atom. The van der Waals surface area contributed by atoms with E-state index in [0.29, 0.717) is 35.9 Å². The van der Waals surface area contributed by atoms with Gasteiger partial charge in [0, 0.05) is 24.7 Å². The van der Waals surface area contributed by atoms with E-state index < -0.39 is 0 Å². The molecule has 1 amide bonds. The van der Waals surface area contributed by atoms with E-state index in [1.165, 1.54) is 0 Å². The van der Waals surface area contributed by atoms with E-state index in [4.69, 9.17) is 14.0 Å². The molecule has 7 heteroatoms. The number of likely N-dealkylation sites (tertiary alicyclic amines) is 1. The van der Waals surface area contributed by atoms with Crippen molar-refractivity contribution in [3.05, 3.63) is 65.1 Å². The molecule has 0 unspecified atom stereocenters. The zero-order valence-electron chi connectivity index (χ0n) is 16.6. The predicted molar refractivity (Wildman–Crippen MR) is 107 cm³/mol. The van der Waals surface area contributed by atoms with Crippen LogP contribution in [0, 0.1) is 12.7 Å². The highest BCUT2D eigenvalue weighted by Crippen LogP contribution is 2.36. The van der Waals surface area contributed by atoms with Gasteiger partial charge in [0.15, 0.2) is 23.0 Å². The zero-order chi connectivity index (χ0) is 20.7. The van der Waals surface area contributed by atoms with Crippen molar-refractivity contribution in [2.45, 2.75) is 25.7 Å². The standard InChI is InChI=1S/C23H21FN2O4/c1-14-2-3-16(10-18(14)24)15-6-8-26(9-7-15)23(27)19-12-21(30-25-19)17-4-5-20-22(11-17)29-13-28-20/h2-5,10-12,15H,6-9,13H2,1H3. The highest BCUT2D eigenvalue weighted by molar-refractivity contribution is 5.93. The van der Waals surface area contributed by atoms with Gasteiger partial charge in [0.1, 0.15) is 5.82 Å². The maximum Gasteiger partial charge on any atom is 0.276 e. The fourth-order valence-electron chi connectivity index (χ4n) is 4.00. The first-order chi connectivity index (χ1) is 14.6. The minimum absolute atomic E-state index is 0.153. The topological polar surface area (TPSA) is 64.8 Å². The zero-order valence-corrected chi connectivity index (χ0v) is 16.6. The Morgan fingerprint density at radius 3 is 2.67 bits per heavy atom. The first kappa shape index (κ1) is 18.7. The van der Waals surface area contributed by atoms with Gasteiger partial charge < -0.3 is 18.9 Å². The number of nitrogens with zero attached hydrogens (tertiary/aromatic N) is 2. The molecule has 5 rings (SSSR count). The molecule has 0 atom stereocenters. The van der Waals surface area contributed by atoms with E-state index in [1.807, 2.05) is 24.3 Å². The van der Waals surface area contributed by atoms with Crippen LogP contribution in [-0.2, 0) is 0 Å². The number of amides is 1. The van der Waals surface area contributed by atoms with Crippen LogP contribution in [0.3, 0.4) is 0 Å². The Hall–Kier alpha value is -3.35. The lowest BCUT2D eigenvalue weighted by Crippen LogP contribution is -2.38. The van der Waals surface area contributed by atoms with Crippen LogP contribution in [0.2, 0.25) is 0 Å². The molecule has 154 valence electrons. The Balaban J connectivity index is 1.25. The number of piperidine rings is 1. The normalized spacial score (nSPS) is 16.1. The SMILES string of the molecule is Cc1ccc(C2CCN(C(=O)c3cc(-c4ccc5c(c4)OCO5)on3)CC2)cc1F.